The minimum atomic E-state index is -1.19. The van der Waals surface area contributed by atoms with E-state index in [4.69, 9.17) is 15.0 Å². The number of rotatable bonds is 1. The number of aliphatic carboxylic acids is 1. The van der Waals surface area contributed by atoms with Crippen LogP contribution >= 0.6 is 13.5 Å². The van der Waals surface area contributed by atoms with Crippen LogP contribution in [0.5, 0.6) is 0 Å². The summed E-state index contributed by atoms with van der Waals surface area (Å²) in [6.45, 7) is -0.778. The Morgan fingerprint density at radius 2 is 1.71 bits per heavy atom. The summed E-state index contributed by atoms with van der Waals surface area (Å²) < 4.78 is 0. The third-order valence-electron chi connectivity index (χ3n) is 0.135. The molecular weight excluding hydrogens is 127 g/mol. The average Bonchev–Trinajstić information content (AvgIpc) is 1.38. The fourth-order valence-electron chi connectivity index (χ4n) is 0. The molecule has 0 amide bonds. The molecule has 0 aliphatic heterocycles. The van der Waals surface area contributed by atoms with Crippen LogP contribution in [-0.4, -0.2) is 52.3 Å². The molecule has 0 fully saturated rings. The summed E-state index contributed by atoms with van der Waals surface area (Å²) in [6.07, 6.45) is 0. The summed E-state index contributed by atoms with van der Waals surface area (Å²) >= 11 is 0. The van der Waals surface area contributed by atoms with Crippen molar-refractivity contribution in [3.8, 4) is 0 Å². The van der Waals surface area contributed by atoms with E-state index in [1.54, 1.807) is 0 Å². The van der Waals surface area contributed by atoms with Crippen molar-refractivity contribution in [3.63, 3.8) is 0 Å². The van der Waals surface area contributed by atoms with E-state index in [0.717, 1.165) is 0 Å². The molecule has 0 atom stereocenters. The monoisotopic (exact) mass is 134 g/mol. The summed E-state index contributed by atoms with van der Waals surface area (Å²) in [5, 5.41) is 15.0. The topological polar surface area (TPSA) is 57.5 Å². The number of aliphatic hydroxyl groups excluding tert-OH is 1. The van der Waals surface area contributed by atoms with Crippen LogP contribution in [0.2, 0.25) is 0 Å². The fraction of sp³-hybridized carbons (Fsp3) is 0.500. The molecule has 0 spiro atoms. The van der Waals surface area contributed by atoms with Gasteiger partial charge in [-0.05, 0) is 0 Å². The van der Waals surface area contributed by atoms with Gasteiger partial charge in [-0.1, -0.05) is 0 Å². The van der Waals surface area contributed by atoms with Crippen LogP contribution in [0.25, 0.3) is 0 Å². The van der Waals surface area contributed by atoms with Crippen molar-refractivity contribution < 1.29 is 15.0 Å². The van der Waals surface area contributed by atoms with Crippen molar-refractivity contribution in [3.05, 3.63) is 0 Å². The normalized spacial score (nSPS) is 5.29. The Kier molecular flexibility index (Phi) is 22.2. The molecule has 0 aromatic carbocycles. The van der Waals surface area contributed by atoms with Gasteiger partial charge in [0.05, 0.1) is 0 Å². The number of aliphatic hydroxyl groups is 1. The zero-order valence-corrected chi connectivity index (χ0v) is 4.01. The van der Waals surface area contributed by atoms with Crippen molar-refractivity contribution in [2.45, 2.75) is 0 Å². The van der Waals surface area contributed by atoms with E-state index in [1.165, 1.54) is 0 Å². The van der Waals surface area contributed by atoms with E-state index in [9.17, 15) is 0 Å². The van der Waals surface area contributed by atoms with Gasteiger partial charge in [-0.15, -0.1) is 0 Å². The van der Waals surface area contributed by atoms with Crippen LogP contribution in [0.15, 0.2) is 0 Å². The Balaban J connectivity index is -0.0000000800. The third-order valence-corrected chi connectivity index (χ3v) is 0.135. The first-order valence-electron chi connectivity index (χ1n) is 1.10. The van der Waals surface area contributed by atoms with E-state index in [2.05, 4.69) is 0 Å². The number of hydrogen-bond acceptors (Lipinski definition) is 2. The SMILES string of the molecule is O=C(O)CO.S.[NaH]. The Bertz CT molecular complexity index is 48.2. The molecule has 0 aliphatic carbocycles. The van der Waals surface area contributed by atoms with Crippen LogP contribution in [0.4, 0.5) is 0 Å². The molecule has 0 aromatic heterocycles. The molecule has 5 heteroatoms. The first-order valence-corrected chi connectivity index (χ1v) is 1.10. The van der Waals surface area contributed by atoms with Crippen molar-refractivity contribution in [1.82, 2.24) is 0 Å². The molecule has 2 N–H and O–H groups in total. The first kappa shape index (κ1) is 15.7. The predicted octanol–water partition coefficient (Wildman–Crippen LogP) is -1.47. The molecule has 40 valence electrons. The summed E-state index contributed by atoms with van der Waals surface area (Å²) in [6, 6.07) is 0. The molecule has 3 nitrogen and oxygen atoms in total. The summed E-state index contributed by atoms with van der Waals surface area (Å²) in [5.41, 5.74) is 0. The van der Waals surface area contributed by atoms with E-state index < -0.39 is 12.6 Å². The molecule has 0 aliphatic rings. The zero-order valence-electron chi connectivity index (χ0n) is 3.01. The molecule has 0 radical (unpaired) electrons. The Morgan fingerprint density at radius 1 is 1.57 bits per heavy atom. The third kappa shape index (κ3) is 20.0. The number of carbonyl (C=O) groups is 1. The Labute approximate surface area is 70.5 Å². The van der Waals surface area contributed by atoms with Crippen LogP contribution in [0.1, 0.15) is 0 Å². The molecule has 0 rings (SSSR count). The standard InChI is InChI=1S/C2H4O3.Na.H2S.H/c3-1-2(4)5;;;/h3H,1H2,(H,4,5);;1H2;. The van der Waals surface area contributed by atoms with Gasteiger partial charge in [0.2, 0.25) is 0 Å². The molecule has 0 heterocycles. The van der Waals surface area contributed by atoms with Gasteiger partial charge >= 0.3 is 35.5 Å². The molecule has 0 bridgehead atoms. The van der Waals surface area contributed by atoms with Crippen molar-refractivity contribution in [2.24, 2.45) is 0 Å². The molecule has 0 aromatic rings. The van der Waals surface area contributed by atoms with Crippen molar-refractivity contribution >= 4 is 49.0 Å². The van der Waals surface area contributed by atoms with Crippen molar-refractivity contribution in [2.75, 3.05) is 6.61 Å². The summed E-state index contributed by atoms with van der Waals surface area (Å²) in [4.78, 5) is 9.12. The molecule has 0 saturated carbocycles. The quantitative estimate of drug-likeness (QED) is 0.430. The molecule has 0 saturated heterocycles. The molecule has 7 heavy (non-hydrogen) atoms. The minimum absolute atomic E-state index is 0. The number of carboxylic acid groups (broad SMARTS) is 1. The van der Waals surface area contributed by atoms with Crippen LogP contribution < -0.4 is 0 Å². The van der Waals surface area contributed by atoms with Gasteiger partial charge in [-0.3, -0.25) is 0 Å². The van der Waals surface area contributed by atoms with Gasteiger partial charge in [-0.25, -0.2) is 4.79 Å². The average molecular weight is 134 g/mol. The second-order valence-electron chi connectivity index (χ2n) is 0.552. The predicted molar refractivity (Wildman–Crippen MR) is 32.3 cm³/mol. The Hall–Kier alpha value is 0.780. The van der Waals surface area contributed by atoms with Crippen molar-refractivity contribution in [1.29, 1.82) is 0 Å². The van der Waals surface area contributed by atoms with Gasteiger partial charge in [0.15, 0.2) is 0 Å². The maximum atomic E-state index is 9.12. The van der Waals surface area contributed by atoms with Crippen LogP contribution in [-0.2, 0) is 4.79 Å². The fourth-order valence-corrected chi connectivity index (χ4v) is 0. The second-order valence-corrected chi connectivity index (χ2v) is 0.552. The van der Waals surface area contributed by atoms with E-state index in [1.807, 2.05) is 0 Å². The van der Waals surface area contributed by atoms with Gasteiger partial charge in [-0.2, -0.15) is 13.5 Å². The Morgan fingerprint density at radius 3 is 1.71 bits per heavy atom. The van der Waals surface area contributed by atoms with E-state index >= 15 is 0 Å². The van der Waals surface area contributed by atoms with Gasteiger partial charge in [0.1, 0.15) is 6.61 Å². The van der Waals surface area contributed by atoms with Crippen LogP contribution in [0.3, 0.4) is 0 Å². The number of carboxylic acids is 1. The first-order chi connectivity index (χ1) is 2.27. The summed E-state index contributed by atoms with van der Waals surface area (Å²) in [7, 11) is 0. The summed E-state index contributed by atoms with van der Waals surface area (Å²) in [5.74, 6) is -1.19. The van der Waals surface area contributed by atoms with E-state index in [0.29, 0.717) is 0 Å². The van der Waals surface area contributed by atoms with Gasteiger partial charge < -0.3 is 10.2 Å². The van der Waals surface area contributed by atoms with Gasteiger partial charge in [0.25, 0.3) is 0 Å². The van der Waals surface area contributed by atoms with E-state index in [-0.39, 0.29) is 43.1 Å². The zero-order chi connectivity index (χ0) is 4.28. The van der Waals surface area contributed by atoms with Crippen LogP contribution in [0, 0.1) is 0 Å². The maximum absolute atomic E-state index is 9.12. The second kappa shape index (κ2) is 9.91. The molecular formula is C2H7NaO3S. The molecule has 0 unspecified atom stereocenters. The number of hydrogen-bond donors (Lipinski definition) is 2. The van der Waals surface area contributed by atoms with Gasteiger partial charge in [0, 0.05) is 0 Å².